The van der Waals surface area contributed by atoms with E-state index in [0.29, 0.717) is 35.4 Å². The predicted molar refractivity (Wildman–Crippen MR) is 175 cm³/mol. The molecule has 1 aromatic heterocycles. The van der Waals surface area contributed by atoms with E-state index in [-0.39, 0.29) is 5.75 Å². The summed E-state index contributed by atoms with van der Waals surface area (Å²) in [6.45, 7) is 7.21. The van der Waals surface area contributed by atoms with Crippen LogP contribution in [0.2, 0.25) is 0 Å². The van der Waals surface area contributed by atoms with Crippen LogP contribution in [-0.4, -0.2) is 26.7 Å². The smallest absolute Gasteiger partial charge is 0.167 e. The molecule has 5 heteroatoms. The molecule has 0 aliphatic rings. The summed E-state index contributed by atoms with van der Waals surface area (Å²) in [6.07, 6.45) is 7.11. The molecular formula is C38H41N3O2. The highest BCUT2D eigenvalue weighted by molar-refractivity contribution is 5.72. The van der Waals surface area contributed by atoms with Crippen molar-refractivity contribution in [3.8, 4) is 45.7 Å². The van der Waals surface area contributed by atoms with E-state index in [9.17, 15) is 5.11 Å². The van der Waals surface area contributed by atoms with Gasteiger partial charge in [0.15, 0.2) is 17.5 Å². The quantitative estimate of drug-likeness (QED) is 0.143. The third kappa shape index (κ3) is 7.29. The van der Waals surface area contributed by atoms with Crippen LogP contribution < -0.4 is 4.74 Å². The molecule has 0 fully saturated rings. The van der Waals surface area contributed by atoms with Crippen LogP contribution in [0.1, 0.15) is 70.4 Å². The van der Waals surface area contributed by atoms with Gasteiger partial charge in [-0.15, -0.1) is 0 Å². The normalized spacial score (nSPS) is 11.4. The van der Waals surface area contributed by atoms with Crippen molar-refractivity contribution in [2.24, 2.45) is 0 Å². The van der Waals surface area contributed by atoms with Crippen LogP contribution in [0.5, 0.6) is 11.5 Å². The number of aromatic nitrogens is 3. The van der Waals surface area contributed by atoms with Gasteiger partial charge in [0.1, 0.15) is 11.5 Å². The standard InChI is InChI=1S/C38H41N3O2/c1-4-5-6-7-8-18-25-43-34-27-33(42)31(26-32(34)38(2,3)30-23-16-11-17-24-30)37-40-35(28-19-12-9-13-20-28)39-36(41-37)29-21-14-10-15-22-29/h9-17,19-24,26-27,42H,4-8,18,25H2,1-3H3. The number of rotatable bonds is 13. The molecule has 0 radical (unpaired) electrons. The molecule has 0 aliphatic carbocycles. The summed E-state index contributed by atoms with van der Waals surface area (Å²) >= 11 is 0. The third-order valence-corrected chi connectivity index (χ3v) is 7.96. The molecule has 0 atom stereocenters. The minimum Gasteiger partial charge on any atom is -0.507 e. The lowest BCUT2D eigenvalue weighted by Crippen LogP contribution is -2.20. The minimum atomic E-state index is -0.405. The maximum atomic E-state index is 11.4. The molecule has 0 unspecified atom stereocenters. The summed E-state index contributed by atoms with van der Waals surface area (Å²) in [5.41, 5.74) is 4.03. The van der Waals surface area contributed by atoms with Gasteiger partial charge in [-0.05, 0) is 18.1 Å². The second-order valence-electron chi connectivity index (χ2n) is 11.5. The molecule has 1 heterocycles. The van der Waals surface area contributed by atoms with Crippen LogP contribution in [0.15, 0.2) is 103 Å². The third-order valence-electron chi connectivity index (χ3n) is 7.96. The second-order valence-corrected chi connectivity index (χ2v) is 11.5. The maximum Gasteiger partial charge on any atom is 0.167 e. The fourth-order valence-electron chi connectivity index (χ4n) is 5.36. The number of benzene rings is 4. The summed E-state index contributed by atoms with van der Waals surface area (Å²) < 4.78 is 6.40. The Morgan fingerprint density at radius 1 is 0.628 bits per heavy atom. The van der Waals surface area contributed by atoms with E-state index in [1.165, 1.54) is 25.7 Å². The van der Waals surface area contributed by atoms with Gasteiger partial charge in [-0.2, -0.15) is 0 Å². The largest absolute Gasteiger partial charge is 0.507 e. The van der Waals surface area contributed by atoms with Gasteiger partial charge in [0.2, 0.25) is 0 Å². The van der Waals surface area contributed by atoms with Crippen molar-refractivity contribution in [3.05, 3.63) is 114 Å². The zero-order valence-electron chi connectivity index (χ0n) is 25.5. The second kappa shape index (κ2) is 14.1. The van der Waals surface area contributed by atoms with Crippen molar-refractivity contribution >= 4 is 0 Å². The minimum absolute atomic E-state index is 0.0785. The van der Waals surface area contributed by atoms with E-state index < -0.39 is 5.41 Å². The van der Waals surface area contributed by atoms with Crippen LogP contribution >= 0.6 is 0 Å². The summed E-state index contributed by atoms with van der Waals surface area (Å²) in [4.78, 5) is 14.6. The average molecular weight is 572 g/mol. The topological polar surface area (TPSA) is 68.1 Å². The molecule has 220 valence electrons. The lowest BCUT2D eigenvalue weighted by molar-refractivity contribution is 0.296. The van der Waals surface area contributed by atoms with Gasteiger partial charge >= 0.3 is 0 Å². The first kappa shape index (κ1) is 30.0. The summed E-state index contributed by atoms with van der Waals surface area (Å²) in [7, 11) is 0. The molecule has 0 amide bonds. The first-order chi connectivity index (χ1) is 21.0. The van der Waals surface area contributed by atoms with E-state index in [2.05, 4.69) is 45.0 Å². The fourth-order valence-corrected chi connectivity index (χ4v) is 5.36. The fraction of sp³-hybridized carbons (Fsp3) is 0.289. The van der Waals surface area contributed by atoms with E-state index in [1.54, 1.807) is 6.07 Å². The zero-order valence-corrected chi connectivity index (χ0v) is 25.5. The van der Waals surface area contributed by atoms with E-state index in [0.717, 1.165) is 35.1 Å². The van der Waals surface area contributed by atoms with Gasteiger partial charge in [0.25, 0.3) is 0 Å². The van der Waals surface area contributed by atoms with Gasteiger partial charge in [-0.3, -0.25) is 0 Å². The molecule has 0 spiro atoms. The SMILES string of the molecule is CCCCCCCCOc1cc(O)c(-c2nc(-c3ccccc3)nc(-c3ccccc3)n2)cc1C(C)(C)c1ccccc1. The Morgan fingerprint density at radius 3 is 1.72 bits per heavy atom. The van der Waals surface area contributed by atoms with Crippen molar-refractivity contribution < 1.29 is 9.84 Å². The maximum absolute atomic E-state index is 11.4. The number of phenolic OH excluding ortho intramolecular Hbond substituents is 1. The van der Waals surface area contributed by atoms with Gasteiger partial charge < -0.3 is 9.84 Å². The number of phenols is 1. The molecule has 5 nitrogen and oxygen atoms in total. The van der Waals surface area contributed by atoms with Crippen molar-refractivity contribution in [3.63, 3.8) is 0 Å². The van der Waals surface area contributed by atoms with E-state index in [4.69, 9.17) is 19.7 Å². The lowest BCUT2D eigenvalue weighted by Gasteiger charge is -2.29. The van der Waals surface area contributed by atoms with Crippen LogP contribution in [0.25, 0.3) is 34.2 Å². The molecule has 5 rings (SSSR count). The molecule has 0 bridgehead atoms. The van der Waals surface area contributed by atoms with Crippen molar-refractivity contribution in [2.45, 2.75) is 64.7 Å². The Morgan fingerprint density at radius 2 is 1.14 bits per heavy atom. The Labute approximate surface area is 255 Å². The van der Waals surface area contributed by atoms with Crippen molar-refractivity contribution in [1.29, 1.82) is 0 Å². The van der Waals surface area contributed by atoms with Crippen LogP contribution in [-0.2, 0) is 5.41 Å². The Balaban J connectivity index is 1.58. The van der Waals surface area contributed by atoms with E-state index >= 15 is 0 Å². The number of unbranched alkanes of at least 4 members (excludes halogenated alkanes) is 5. The Bertz CT molecular complexity index is 1550. The number of ether oxygens (including phenoxy) is 1. The molecule has 0 saturated heterocycles. The number of hydrogen-bond acceptors (Lipinski definition) is 5. The lowest BCUT2D eigenvalue weighted by atomic mass is 9.77. The molecule has 4 aromatic carbocycles. The number of nitrogens with zero attached hydrogens (tertiary/aromatic N) is 3. The van der Waals surface area contributed by atoms with Gasteiger partial charge in [-0.1, -0.05) is 144 Å². The first-order valence-corrected chi connectivity index (χ1v) is 15.4. The van der Waals surface area contributed by atoms with Crippen LogP contribution in [0.4, 0.5) is 0 Å². The van der Waals surface area contributed by atoms with Crippen molar-refractivity contribution in [1.82, 2.24) is 15.0 Å². The average Bonchev–Trinajstić information content (AvgIpc) is 3.05. The van der Waals surface area contributed by atoms with Crippen molar-refractivity contribution in [2.75, 3.05) is 6.61 Å². The molecule has 5 aromatic rings. The Hall–Kier alpha value is -4.51. The van der Waals surface area contributed by atoms with Gasteiger partial charge in [-0.25, -0.2) is 15.0 Å². The van der Waals surface area contributed by atoms with Crippen LogP contribution in [0.3, 0.4) is 0 Å². The molecule has 0 saturated carbocycles. The van der Waals surface area contributed by atoms with Gasteiger partial charge in [0, 0.05) is 28.2 Å². The summed E-state index contributed by atoms with van der Waals surface area (Å²) in [6, 6.07) is 33.9. The summed E-state index contributed by atoms with van der Waals surface area (Å²) in [5.74, 6) is 2.28. The highest BCUT2D eigenvalue weighted by Gasteiger charge is 2.29. The highest BCUT2D eigenvalue weighted by atomic mass is 16.5. The van der Waals surface area contributed by atoms with E-state index in [1.807, 2.05) is 72.8 Å². The number of hydrogen-bond donors (Lipinski definition) is 1. The van der Waals surface area contributed by atoms with Gasteiger partial charge in [0.05, 0.1) is 12.2 Å². The monoisotopic (exact) mass is 571 g/mol. The van der Waals surface area contributed by atoms with Crippen LogP contribution in [0, 0.1) is 0 Å². The summed E-state index contributed by atoms with van der Waals surface area (Å²) in [5, 5.41) is 11.4. The predicted octanol–water partition coefficient (Wildman–Crippen LogP) is 9.64. The molecule has 43 heavy (non-hydrogen) atoms. The zero-order chi connectivity index (χ0) is 30.1. The molecular weight excluding hydrogens is 530 g/mol. The number of aromatic hydroxyl groups is 1. The Kier molecular flexibility index (Phi) is 9.83. The highest BCUT2D eigenvalue weighted by Crippen LogP contribution is 2.43. The molecule has 1 N–H and O–H groups in total. The molecule has 0 aliphatic heterocycles. The first-order valence-electron chi connectivity index (χ1n) is 15.4.